The lowest BCUT2D eigenvalue weighted by atomic mass is 10.5. The number of thiophene rings is 1. The van der Waals surface area contributed by atoms with Crippen molar-refractivity contribution in [2.45, 2.75) is 5.88 Å². The summed E-state index contributed by atoms with van der Waals surface area (Å²) in [6.45, 7) is 0. The molecule has 0 spiro atoms. The highest BCUT2D eigenvalue weighted by Gasteiger charge is 1.96. The van der Waals surface area contributed by atoms with E-state index in [1.807, 2.05) is 11.4 Å². The van der Waals surface area contributed by atoms with E-state index < -0.39 is 0 Å². The number of alkyl halides is 1. The lowest BCUT2D eigenvalue weighted by Gasteiger charge is -1.83. The van der Waals surface area contributed by atoms with Crippen LogP contribution in [-0.4, -0.2) is 0 Å². The number of hydrogen-bond donors (Lipinski definition) is 0. The van der Waals surface area contributed by atoms with Gasteiger partial charge in [-0.1, -0.05) is 11.6 Å². The van der Waals surface area contributed by atoms with Gasteiger partial charge in [0.25, 0.3) is 0 Å². The maximum atomic E-state index is 5.67. The van der Waals surface area contributed by atoms with Crippen LogP contribution in [0.15, 0.2) is 11.4 Å². The summed E-state index contributed by atoms with van der Waals surface area (Å²) in [7, 11) is 0. The molecule has 0 amide bonds. The largest absolute Gasteiger partial charge is 0.146 e. The van der Waals surface area contributed by atoms with E-state index in [1.165, 1.54) is 0 Å². The van der Waals surface area contributed by atoms with Crippen LogP contribution in [0.25, 0.3) is 0 Å². The standard InChI is InChI=1S/C5H4Cl2S/c6-3-5-4(7)1-2-8-5/h1-2H,3H2. The maximum Gasteiger partial charge on any atom is 0.0583 e. The molecule has 1 heterocycles. The molecular formula is C5H4Cl2S. The predicted molar refractivity (Wildman–Crippen MR) is 38.9 cm³/mol. The van der Waals surface area contributed by atoms with E-state index in [4.69, 9.17) is 23.2 Å². The lowest BCUT2D eigenvalue weighted by Crippen LogP contribution is -1.64. The van der Waals surface area contributed by atoms with Gasteiger partial charge < -0.3 is 0 Å². The second-order valence-electron chi connectivity index (χ2n) is 1.33. The normalized spacial score (nSPS) is 9.75. The number of hydrogen-bond acceptors (Lipinski definition) is 1. The first-order valence-corrected chi connectivity index (χ1v) is 3.91. The topological polar surface area (TPSA) is 0 Å². The molecule has 1 aromatic heterocycles. The van der Waals surface area contributed by atoms with E-state index in [2.05, 4.69) is 0 Å². The molecular weight excluding hydrogens is 163 g/mol. The summed E-state index contributed by atoms with van der Waals surface area (Å²) in [6.07, 6.45) is 0. The Bertz CT molecular complexity index is 171. The van der Waals surface area contributed by atoms with E-state index >= 15 is 0 Å². The Morgan fingerprint density at radius 2 is 2.38 bits per heavy atom. The molecule has 0 radical (unpaired) electrons. The third-order valence-electron chi connectivity index (χ3n) is 0.812. The average molecular weight is 167 g/mol. The number of rotatable bonds is 1. The van der Waals surface area contributed by atoms with Crippen LogP contribution in [-0.2, 0) is 5.88 Å². The lowest BCUT2D eigenvalue weighted by molar-refractivity contribution is 1.53. The van der Waals surface area contributed by atoms with Gasteiger partial charge in [-0.2, -0.15) is 0 Å². The van der Waals surface area contributed by atoms with E-state index in [1.54, 1.807) is 11.3 Å². The van der Waals surface area contributed by atoms with Gasteiger partial charge in [-0.3, -0.25) is 0 Å². The van der Waals surface area contributed by atoms with Gasteiger partial charge in [0.2, 0.25) is 0 Å². The summed E-state index contributed by atoms with van der Waals surface area (Å²) < 4.78 is 0. The number of halogens is 2. The van der Waals surface area contributed by atoms with Gasteiger partial charge in [-0.15, -0.1) is 22.9 Å². The van der Waals surface area contributed by atoms with Crippen molar-refractivity contribution >= 4 is 34.5 Å². The van der Waals surface area contributed by atoms with Crippen molar-refractivity contribution in [3.05, 3.63) is 21.3 Å². The van der Waals surface area contributed by atoms with E-state index in [-0.39, 0.29) is 0 Å². The zero-order chi connectivity index (χ0) is 5.98. The van der Waals surface area contributed by atoms with E-state index in [9.17, 15) is 0 Å². The minimum atomic E-state index is 0.524. The summed E-state index contributed by atoms with van der Waals surface area (Å²) in [6, 6.07) is 1.85. The van der Waals surface area contributed by atoms with Gasteiger partial charge in [-0.25, -0.2) is 0 Å². The van der Waals surface area contributed by atoms with Crippen LogP contribution in [0, 0.1) is 0 Å². The fraction of sp³-hybridized carbons (Fsp3) is 0.200. The summed E-state index contributed by atoms with van der Waals surface area (Å²) in [5.74, 6) is 0.524. The van der Waals surface area contributed by atoms with Crippen molar-refractivity contribution < 1.29 is 0 Å². The zero-order valence-electron chi connectivity index (χ0n) is 4.03. The molecule has 0 atom stereocenters. The van der Waals surface area contributed by atoms with E-state index in [0.717, 1.165) is 9.90 Å². The monoisotopic (exact) mass is 166 g/mol. The highest BCUT2D eigenvalue weighted by Crippen LogP contribution is 2.22. The Morgan fingerprint density at radius 3 is 2.62 bits per heavy atom. The van der Waals surface area contributed by atoms with Gasteiger partial charge >= 0.3 is 0 Å². The van der Waals surface area contributed by atoms with Gasteiger partial charge in [0, 0.05) is 4.88 Å². The molecule has 0 aliphatic carbocycles. The molecule has 1 rings (SSSR count). The molecule has 0 nitrogen and oxygen atoms in total. The molecule has 0 aromatic carbocycles. The van der Waals surface area contributed by atoms with Crippen LogP contribution >= 0.6 is 34.5 Å². The molecule has 0 bridgehead atoms. The minimum Gasteiger partial charge on any atom is -0.146 e. The molecule has 1 aromatic rings. The van der Waals surface area contributed by atoms with Crippen LogP contribution in [0.5, 0.6) is 0 Å². The Balaban J connectivity index is 2.92. The van der Waals surface area contributed by atoms with Crippen LogP contribution in [0.3, 0.4) is 0 Å². The molecule has 0 saturated heterocycles. The molecule has 0 saturated carbocycles. The summed E-state index contributed by atoms with van der Waals surface area (Å²) >= 11 is 12.8. The van der Waals surface area contributed by atoms with Crippen molar-refractivity contribution in [3.8, 4) is 0 Å². The van der Waals surface area contributed by atoms with E-state index in [0.29, 0.717) is 5.88 Å². The molecule has 8 heavy (non-hydrogen) atoms. The Kier molecular flexibility index (Phi) is 2.17. The Morgan fingerprint density at radius 1 is 1.62 bits per heavy atom. The smallest absolute Gasteiger partial charge is 0.0583 e. The predicted octanol–water partition coefficient (Wildman–Crippen LogP) is 3.14. The third-order valence-corrected chi connectivity index (χ3v) is 2.63. The molecule has 44 valence electrons. The van der Waals surface area contributed by atoms with Crippen molar-refractivity contribution in [2.24, 2.45) is 0 Å². The highest BCUT2D eigenvalue weighted by atomic mass is 35.5. The molecule has 0 unspecified atom stereocenters. The second kappa shape index (κ2) is 2.72. The zero-order valence-corrected chi connectivity index (χ0v) is 6.35. The first kappa shape index (κ1) is 6.40. The fourth-order valence-electron chi connectivity index (χ4n) is 0.420. The molecule has 0 aliphatic rings. The van der Waals surface area contributed by atoms with Gasteiger partial charge in [0.1, 0.15) is 0 Å². The minimum absolute atomic E-state index is 0.524. The Hall–Kier alpha value is 0.280. The molecule has 3 heteroatoms. The van der Waals surface area contributed by atoms with Crippen LogP contribution in [0.4, 0.5) is 0 Å². The second-order valence-corrected chi connectivity index (χ2v) is 3.00. The fourth-order valence-corrected chi connectivity index (χ4v) is 1.77. The van der Waals surface area contributed by atoms with Crippen LogP contribution in [0.1, 0.15) is 4.88 Å². The summed E-state index contributed by atoms with van der Waals surface area (Å²) in [5.41, 5.74) is 0. The quantitative estimate of drug-likeness (QED) is 0.563. The third kappa shape index (κ3) is 1.16. The summed E-state index contributed by atoms with van der Waals surface area (Å²) in [4.78, 5) is 1.05. The summed E-state index contributed by atoms with van der Waals surface area (Å²) in [5, 5.41) is 2.71. The Labute approximate surface area is 62.0 Å². The van der Waals surface area contributed by atoms with Gasteiger partial charge in [0.15, 0.2) is 0 Å². The maximum absolute atomic E-state index is 5.67. The van der Waals surface area contributed by atoms with Crippen LogP contribution < -0.4 is 0 Å². The van der Waals surface area contributed by atoms with Crippen molar-refractivity contribution in [3.63, 3.8) is 0 Å². The van der Waals surface area contributed by atoms with Crippen molar-refractivity contribution in [2.75, 3.05) is 0 Å². The van der Waals surface area contributed by atoms with Gasteiger partial charge in [0.05, 0.1) is 10.9 Å². The average Bonchev–Trinajstić information content (AvgIpc) is 2.14. The molecule has 0 aliphatic heterocycles. The highest BCUT2D eigenvalue weighted by molar-refractivity contribution is 7.10. The van der Waals surface area contributed by atoms with Crippen LogP contribution in [0.2, 0.25) is 5.02 Å². The first-order chi connectivity index (χ1) is 3.84. The van der Waals surface area contributed by atoms with Crippen molar-refractivity contribution in [1.82, 2.24) is 0 Å². The van der Waals surface area contributed by atoms with Crippen molar-refractivity contribution in [1.29, 1.82) is 0 Å². The first-order valence-electron chi connectivity index (χ1n) is 2.12. The molecule has 0 N–H and O–H groups in total. The SMILES string of the molecule is ClCc1sccc1Cl. The van der Waals surface area contributed by atoms with Gasteiger partial charge in [-0.05, 0) is 11.4 Å². The molecule has 0 fully saturated rings.